The molecule has 0 N–H and O–H groups in total. The predicted octanol–water partition coefficient (Wildman–Crippen LogP) is 4.66. The molecule has 164 valence electrons. The largest absolute Gasteiger partial charge is 0.459 e. The standard InChI is InChI=1S/C22H25F3O5/c1-20(2,3)29-18(27)13-14(17(26)12-10-8-7-9-11-12)16(22(23,24)25)15(13)19(28)30-21(4,5)6/h7-11,13-14H,1-6H3/t13-,14-/m1/s1. The van der Waals surface area contributed by atoms with Crippen molar-refractivity contribution in [3.63, 3.8) is 0 Å². The highest BCUT2D eigenvalue weighted by molar-refractivity contribution is 6.10. The molecule has 0 saturated carbocycles. The SMILES string of the molecule is CC(C)(C)OC(=O)C1=C(C(F)(F)F)[C@H](C(=O)c2ccccc2)[C@H]1C(=O)OC(C)(C)C. The Hall–Kier alpha value is -2.64. The third-order valence-corrected chi connectivity index (χ3v) is 4.17. The zero-order valence-electron chi connectivity index (χ0n) is 17.7. The van der Waals surface area contributed by atoms with E-state index in [9.17, 15) is 27.6 Å². The van der Waals surface area contributed by atoms with Gasteiger partial charge in [-0.15, -0.1) is 0 Å². The van der Waals surface area contributed by atoms with Crippen LogP contribution in [0.4, 0.5) is 13.2 Å². The zero-order valence-corrected chi connectivity index (χ0v) is 17.7. The number of halogens is 3. The average Bonchev–Trinajstić information content (AvgIpc) is 2.49. The Bertz CT molecular complexity index is 871. The van der Waals surface area contributed by atoms with Crippen LogP contribution in [0.5, 0.6) is 0 Å². The Labute approximate surface area is 173 Å². The van der Waals surface area contributed by atoms with Crippen molar-refractivity contribution < 1.29 is 37.0 Å². The van der Waals surface area contributed by atoms with Crippen molar-refractivity contribution >= 4 is 17.7 Å². The van der Waals surface area contributed by atoms with Crippen LogP contribution in [0, 0.1) is 11.8 Å². The first-order valence-electron chi connectivity index (χ1n) is 9.39. The number of alkyl halides is 3. The average molecular weight is 426 g/mol. The first kappa shape index (κ1) is 23.6. The Morgan fingerprint density at radius 1 is 0.800 bits per heavy atom. The Morgan fingerprint density at radius 3 is 1.73 bits per heavy atom. The van der Waals surface area contributed by atoms with Crippen molar-refractivity contribution in [3.8, 4) is 0 Å². The first-order valence-corrected chi connectivity index (χ1v) is 9.39. The number of carbonyl (C=O) groups excluding carboxylic acids is 3. The summed E-state index contributed by atoms with van der Waals surface area (Å²) in [6, 6.07) is 7.32. The van der Waals surface area contributed by atoms with Gasteiger partial charge in [0.25, 0.3) is 0 Å². The van der Waals surface area contributed by atoms with Crippen LogP contribution in [0.2, 0.25) is 0 Å². The molecule has 0 aromatic heterocycles. The summed E-state index contributed by atoms with van der Waals surface area (Å²) >= 11 is 0. The van der Waals surface area contributed by atoms with E-state index in [0.717, 1.165) is 0 Å². The molecular formula is C22H25F3O5. The molecule has 0 aliphatic heterocycles. The number of ether oxygens (including phenoxy) is 2. The van der Waals surface area contributed by atoms with E-state index in [1.807, 2.05) is 0 Å². The molecule has 0 radical (unpaired) electrons. The summed E-state index contributed by atoms with van der Waals surface area (Å²) in [5.74, 6) is -6.87. The highest BCUT2D eigenvalue weighted by Crippen LogP contribution is 2.52. The molecular weight excluding hydrogens is 401 g/mol. The monoisotopic (exact) mass is 426 g/mol. The van der Waals surface area contributed by atoms with Crippen LogP contribution >= 0.6 is 0 Å². The first-order chi connectivity index (χ1) is 13.5. The molecule has 30 heavy (non-hydrogen) atoms. The fraction of sp³-hybridized carbons (Fsp3) is 0.500. The second-order valence-corrected chi connectivity index (χ2v) is 9.05. The van der Waals surface area contributed by atoms with E-state index in [2.05, 4.69) is 0 Å². The number of carbonyl (C=O) groups is 3. The van der Waals surface area contributed by atoms with Crippen LogP contribution in [0.25, 0.3) is 0 Å². The second-order valence-electron chi connectivity index (χ2n) is 9.05. The maximum Gasteiger partial charge on any atom is 0.413 e. The summed E-state index contributed by atoms with van der Waals surface area (Å²) in [6.45, 7) is 9.10. The molecule has 8 heteroatoms. The van der Waals surface area contributed by atoms with Crippen molar-refractivity contribution in [2.24, 2.45) is 11.8 Å². The number of rotatable bonds is 4. The molecule has 0 heterocycles. The molecule has 0 bridgehead atoms. The lowest BCUT2D eigenvalue weighted by Gasteiger charge is -2.40. The van der Waals surface area contributed by atoms with Crippen molar-refractivity contribution in [1.82, 2.24) is 0 Å². The number of ketones is 1. The van der Waals surface area contributed by atoms with Gasteiger partial charge < -0.3 is 9.47 Å². The van der Waals surface area contributed by atoms with Crippen molar-refractivity contribution in [1.29, 1.82) is 0 Å². The van der Waals surface area contributed by atoms with Gasteiger partial charge in [-0.25, -0.2) is 4.79 Å². The van der Waals surface area contributed by atoms with Crippen LogP contribution < -0.4 is 0 Å². The number of esters is 2. The molecule has 0 spiro atoms. The maximum absolute atomic E-state index is 13.9. The van der Waals surface area contributed by atoms with Crippen molar-refractivity contribution in [3.05, 3.63) is 47.0 Å². The van der Waals surface area contributed by atoms with E-state index < -0.39 is 58.1 Å². The zero-order chi connectivity index (χ0) is 23.1. The number of hydrogen-bond donors (Lipinski definition) is 0. The minimum absolute atomic E-state index is 0.000970. The molecule has 2 rings (SSSR count). The van der Waals surface area contributed by atoms with E-state index in [1.165, 1.54) is 45.0 Å². The molecule has 0 amide bonds. The van der Waals surface area contributed by atoms with Gasteiger partial charge in [-0.2, -0.15) is 13.2 Å². The van der Waals surface area contributed by atoms with E-state index in [-0.39, 0.29) is 5.56 Å². The molecule has 1 aliphatic rings. The summed E-state index contributed by atoms with van der Waals surface area (Å²) in [5, 5.41) is 0. The van der Waals surface area contributed by atoms with Crippen LogP contribution in [0.3, 0.4) is 0 Å². The normalized spacial score (nSPS) is 19.8. The summed E-state index contributed by atoms with van der Waals surface area (Å²) in [6.07, 6.45) is -5.00. The van der Waals surface area contributed by atoms with Gasteiger partial charge in [0, 0.05) is 5.56 Å². The third kappa shape index (κ3) is 5.29. The fourth-order valence-electron chi connectivity index (χ4n) is 3.15. The van der Waals surface area contributed by atoms with E-state index in [4.69, 9.17) is 9.47 Å². The van der Waals surface area contributed by atoms with Gasteiger partial charge in [0.05, 0.1) is 17.1 Å². The Kier molecular flexibility index (Phi) is 6.21. The van der Waals surface area contributed by atoms with Crippen LogP contribution in [0.15, 0.2) is 41.5 Å². The highest BCUT2D eigenvalue weighted by Gasteiger charge is 2.61. The number of hydrogen-bond acceptors (Lipinski definition) is 5. The van der Waals surface area contributed by atoms with Gasteiger partial charge in [-0.3, -0.25) is 9.59 Å². The number of allylic oxidation sites excluding steroid dienone is 1. The smallest absolute Gasteiger partial charge is 0.413 e. The van der Waals surface area contributed by atoms with Gasteiger partial charge in [-0.1, -0.05) is 30.3 Å². The predicted molar refractivity (Wildman–Crippen MR) is 103 cm³/mol. The quantitative estimate of drug-likeness (QED) is 0.518. The van der Waals surface area contributed by atoms with Gasteiger partial charge in [0.2, 0.25) is 0 Å². The van der Waals surface area contributed by atoms with Gasteiger partial charge in [0.15, 0.2) is 5.78 Å². The van der Waals surface area contributed by atoms with E-state index in [0.29, 0.717) is 0 Å². The molecule has 0 fully saturated rings. The summed E-state index contributed by atoms with van der Waals surface area (Å²) in [7, 11) is 0. The lowest BCUT2D eigenvalue weighted by atomic mass is 9.64. The highest BCUT2D eigenvalue weighted by atomic mass is 19.4. The summed E-state index contributed by atoms with van der Waals surface area (Å²) in [5.41, 5.74) is -4.35. The number of Topliss-reactive ketones (excluding diaryl/α,β-unsaturated/α-hetero) is 1. The fourth-order valence-corrected chi connectivity index (χ4v) is 3.15. The molecule has 2 atom stereocenters. The van der Waals surface area contributed by atoms with Crippen molar-refractivity contribution in [2.45, 2.75) is 58.9 Å². The van der Waals surface area contributed by atoms with Crippen molar-refractivity contribution in [2.75, 3.05) is 0 Å². The summed E-state index contributed by atoms with van der Waals surface area (Å²) < 4.78 is 51.9. The summed E-state index contributed by atoms with van der Waals surface area (Å²) in [4.78, 5) is 38.3. The second kappa shape index (κ2) is 7.89. The Morgan fingerprint density at radius 2 is 1.30 bits per heavy atom. The minimum Gasteiger partial charge on any atom is -0.459 e. The van der Waals surface area contributed by atoms with Gasteiger partial charge in [0.1, 0.15) is 17.1 Å². The van der Waals surface area contributed by atoms with Gasteiger partial charge in [-0.05, 0) is 41.5 Å². The lowest BCUT2D eigenvalue weighted by molar-refractivity contribution is -0.168. The molecule has 5 nitrogen and oxygen atoms in total. The molecule has 0 unspecified atom stereocenters. The maximum atomic E-state index is 13.9. The Balaban J connectivity index is 2.61. The molecule has 1 aliphatic carbocycles. The minimum atomic E-state index is -5.00. The van der Waals surface area contributed by atoms with Gasteiger partial charge >= 0.3 is 18.1 Å². The molecule has 0 saturated heterocycles. The lowest BCUT2D eigenvalue weighted by Crippen LogP contribution is -2.51. The third-order valence-electron chi connectivity index (χ3n) is 4.17. The molecule has 1 aromatic carbocycles. The van der Waals surface area contributed by atoms with Crippen LogP contribution in [-0.2, 0) is 19.1 Å². The van der Waals surface area contributed by atoms with E-state index >= 15 is 0 Å². The topological polar surface area (TPSA) is 69.7 Å². The number of benzene rings is 1. The van der Waals surface area contributed by atoms with E-state index in [1.54, 1.807) is 26.8 Å². The molecule has 1 aromatic rings. The van der Waals surface area contributed by atoms with Crippen LogP contribution in [0.1, 0.15) is 51.9 Å². The van der Waals surface area contributed by atoms with Crippen LogP contribution in [-0.4, -0.2) is 35.1 Å².